The van der Waals surface area contributed by atoms with Crippen LogP contribution in [0.4, 0.5) is 15.9 Å². The Hall–Kier alpha value is -2.97. The van der Waals surface area contributed by atoms with Gasteiger partial charge in [0.2, 0.25) is 0 Å². The lowest BCUT2D eigenvalue weighted by Gasteiger charge is -2.10. The first kappa shape index (κ1) is 18.8. The summed E-state index contributed by atoms with van der Waals surface area (Å²) in [5.74, 6) is -1.30. The highest BCUT2D eigenvalue weighted by Gasteiger charge is 2.17. The van der Waals surface area contributed by atoms with Gasteiger partial charge in [-0.1, -0.05) is 23.7 Å². The van der Waals surface area contributed by atoms with E-state index in [1.54, 1.807) is 12.1 Å². The fourth-order valence-electron chi connectivity index (χ4n) is 2.25. The van der Waals surface area contributed by atoms with Crippen LogP contribution in [-0.4, -0.2) is 19.3 Å². The Balaban J connectivity index is 1.76. The SMILES string of the molecule is O=C(Nc1ccc(S(=O)(=O)Nc2ccccn2)cc1)c1c(F)cccc1Cl. The number of halogens is 2. The Morgan fingerprint density at radius 1 is 1.00 bits per heavy atom. The number of aromatic nitrogens is 1. The number of nitrogens with zero attached hydrogens (tertiary/aromatic N) is 1. The molecular formula is C18H13ClFN3O3S. The van der Waals surface area contributed by atoms with Gasteiger partial charge in [-0.15, -0.1) is 0 Å². The number of pyridine rings is 1. The van der Waals surface area contributed by atoms with Crippen LogP contribution in [0.3, 0.4) is 0 Å². The van der Waals surface area contributed by atoms with E-state index in [0.29, 0.717) is 0 Å². The molecule has 0 aliphatic heterocycles. The van der Waals surface area contributed by atoms with Crippen LogP contribution in [-0.2, 0) is 10.0 Å². The minimum atomic E-state index is -3.83. The van der Waals surface area contributed by atoms with Gasteiger partial charge in [0.25, 0.3) is 15.9 Å². The molecule has 1 amide bonds. The third-order valence-corrected chi connectivity index (χ3v) is 5.20. The zero-order valence-corrected chi connectivity index (χ0v) is 15.3. The first-order chi connectivity index (χ1) is 12.9. The van der Waals surface area contributed by atoms with Crippen LogP contribution in [0, 0.1) is 5.82 Å². The van der Waals surface area contributed by atoms with Crippen molar-refractivity contribution in [1.82, 2.24) is 4.98 Å². The van der Waals surface area contributed by atoms with Gasteiger partial charge < -0.3 is 5.32 Å². The van der Waals surface area contributed by atoms with Crippen molar-refractivity contribution < 1.29 is 17.6 Å². The molecule has 3 rings (SSSR count). The predicted molar refractivity (Wildman–Crippen MR) is 101 cm³/mol. The molecule has 1 heterocycles. The summed E-state index contributed by atoms with van der Waals surface area (Å²) >= 11 is 5.86. The van der Waals surface area contributed by atoms with E-state index in [0.717, 1.165) is 6.07 Å². The molecule has 27 heavy (non-hydrogen) atoms. The van der Waals surface area contributed by atoms with Crippen LogP contribution >= 0.6 is 11.6 Å². The molecule has 0 saturated carbocycles. The molecule has 0 bridgehead atoms. The van der Waals surface area contributed by atoms with E-state index in [9.17, 15) is 17.6 Å². The number of carbonyl (C=O) groups excluding carboxylic acids is 1. The molecule has 0 spiro atoms. The van der Waals surface area contributed by atoms with Gasteiger partial charge in [0.05, 0.1) is 15.5 Å². The molecule has 0 saturated heterocycles. The van der Waals surface area contributed by atoms with Gasteiger partial charge in [0.1, 0.15) is 11.6 Å². The number of sulfonamides is 1. The Labute approximate surface area is 160 Å². The van der Waals surface area contributed by atoms with E-state index in [-0.39, 0.29) is 27.0 Å². The summed E-state index contributed by atoms with van der Waals surface area (Å²) in [6.07, 6.45) is 1.46. The molecule has 2 N–H and O–H groups in total. The van der Waals surface area contributed by atoms with Crippen LogP contribution in [0.25, 0.3) is 0 Å². The van der Waals surface area contributed by atoms with Crippen molar-refractivity contribution in [3.63, 3.8) is 0 Å². The monoisotopic (exact) mass is 405 g/mol. The minimum absolute atomic E-state index is 0.0184. The lowest BCUT2D eigenvalue weighted by atomic mass is 10.2. The minimum Gasteiger partial charge on any atom is -0.322 e. The third kappa shape index (κ3) is 4.42. The van der Waals surface area contributed by atoms with Gasteiger partial charge in [0, 0.05) is 11.9 Å². The maximum Gasteiger partial charge on any atom is 0.263 e. The van der Waals surface area contributed by atoms with E-state index in [1.165, 1.54) is 48.7 Å². The molecule has 0 unspecified atom stereocenters. The molecule has 6 nitrogen and oxygen atoms in total. The fourth-order valence-corrected chi connectivity index (χ4v) is 3.50. The Morgan fingerprint density at radius 2 is 1.74 bits per heavy atom. The summed E-state index contributed by atoms with van der Waals surface area (Å²) in [6.45, 7) is 0. The van der Waals surface area contributed by atoms with Crippen molar-refractivity contribution in [1.29, 1.82) is 0 Å². The third-order valence-electron chi connectivity index (χ3n) is 3.52. The van der Waals surface area contributed by atoms with Crippen LogP contribution in [0.5, 0.6) is 0 Å². The number of hydrogen-bond acceptors (Lipinski definition) is 4. The van der Waals surface area contributed by atoms with Gasteiger partial charge in [-0.25, -0.2) is 17.8 Å². The highest BCUT2D eigenvalue weighted by atomic mass is 35.5. The Morgan fingerprint density at radius 3 is 2.37 bits per heavy atom. The van der Waals surface area contributed by atoms with Gasteiger partial charge >= 0.3 is 0 Å². The van der Waals surface area contributed by atoms with Gasteiger partial charge in [-0.2, -0.15) is 0 Å². The molecule has 0 radical (unpaired) electrons. The maximum atomic E-state index is 13.8. The van der Waals surface area contributed by atoms with E-state index < -0.39 is 21.7 Å². The second kappa shape index (κ2) is 7.73. The maximum absolute atomic E-state index is 13.8. The summed E-state index contributed by atoms with van der Waals surface area (Å²) in [5, 5.41) is 2.46. The number of nitrogens with one attached hydrogen (secondary N) is 2. The van der Waals surface area contributed by atoms with Crippen LogP contribution in [0.2, 0.25) is 5.02 Å². The second-order valence-corrected chi connectivity index (χ2v) is 7.49. The van der Waals surface area contributed by atoms with Crippen LogP contribution in [0.15, 0.2) is 71.8 Å². The summed E-state index contributed by atoms with van der Waals surface area (Å²) in [6, 6.07) is 14.1. The zero-order chi connectivity index (χ0) is 19.4. The van der Waals surface area contributed by atoms with Crippen molar-refractivity contribution >= 4 is 39.0 Å². The predicted octanol–water partition coefficient (Wildman–Crippen LogP) is 3.93. The average Bonchev–Trinajstić information content (AvgIpc) is 2.62. The van der Waals surface area contributed by atoms with Crippen molar-refractivity contribution in [3.05, 3.63) is 83.3 Å². The van der Waals surface area contributed by atoms with Crippen molar-refractivity contribution in [2.24, 2.45) is 0 Å². The summed E-state index contributed by atoms with van der Waals surface area (Å²) in [5.41, 5.74) is 0.00351. The molecular weight excluding hydrogens is 393 g/mol. The van der Waals surface area contributed by atoms with E-state index in [2.05, 4.69) is 15.0 Å². The van der Waals surface area contributed by atoms with Crippen molar-refractivity contribution in [3.8, 4) is 0 Å². The normalized spacial score (nSPS) is 11.0. The lowest BCUT2D eigenvalue weighted by molar-refractivity contribution is 0.102. The highest BCUT2D eigenvalue weighted by Crippen LogP contribution is 2.22. The average molecular weight is 406 g/mol. The molecule has 0 atom stereocenters. The number of rotatable bonds is 5. The summed E-state index contributed by atoms with van der Waals surface area (Å²) in [4.78, 5) is 16.1. The molecule has 0 aliphatic carbocycles. The number of amides is 1. The largest absolute Gasteiger partial charge is 0.322 e. The van der Waals surface area contributed by atoms with Crippen molar-refractivity contribution in [2.45, 2.75) is 4.90 Å². The van der Waals surface area contributed by atoms with E-state index >= 15 is 0 Å². The number of carbonyl (C=O) groups is 1. The summed E-state index contributed by atoms with van der Waals surface area (Å²) in [7, 11) is -3.83. The molecule has 9 heteroatoms. The molecule has 138 valence electrons. The van der Waals surface area contributed by atoms with Crippen molar-refractivity contribution in [2.75, 3.05) is 10.0 Å². The summed E-state index contributed by atoms with van der Waals surface area (Å²) < 4.78 is 40.8. The van der Waals surface area contributed by atoms with E-state index in [4.69, 9.17) is 11.6 Å². The smallest absolute Gasteiger partial charge is 0.263 e. The first-order valence-electron chi connectivity index (χ1n) is 7.66. The Bertz CT molecular complexity index is 1050. The topological polar surface area (TPSA) is 88.2 Å². The van der Waals surface area contributed by atoms with Gasteiger partial charge in [0.15, 0.2) is 0 Å². The first-order valence-corrected chi connectivity index (χ1v) is 9.52. The molecule has 1 aromatic heterocycles. The fraction of sp³-hybridized carbons (Fsp3) is 0. The quantitative estimate of drug-likeness (QED) is 0.673. The molecule has 2 aromatic carbocycles. The molecule has 0 fully saturated rings. The van der Waals surface area contributed by atoms with Crippen LogP contribution < -0.4 is 10.0 Å². The van der Waals surface area contributed by atoms with E-state index in [1.807, 2.05) is 0 Å². The molecule has 3 aromatic rings. The van der Waals surface area contributed by atoms with Crippen LogP contribution in [0.1, 0.15) is 10.4 Å². The number of anilines is 2. The zero-order valence-electron chi connectivity index (χ0n) is 13.7. The Kier molecular flexibility index (Phi) is 5.38. The molecule has 0 aliphatic rings. The second-order valence-electron chi connectivity index (χ2n) is 5.40. The number of benzene rings is 2. The highest BCUT2D eigenvalue weighted by molar-refractivity contribution is 7.92. The van der Waals surface area contributed by atoms with Gasteiger partial charge in [-0.05, 0) is 48.5 Å². The van der Waals surface area contributed by atoms with Gasteiger partial charge in [-0.3, -0.25) is 9.52 Å². The number of hydrogen-bond donors (Lipinski definition) is 2. The lowest BCUT2D eigenvalue weighted by Crippen LogP contribution is -2.15. The standard InChI is InChI=1S/C18H13ClFN3O3S/c19-14-4-3-5-15(20)17(14)18(24)22-12-7-9-13(10-8-12)27(25,26)23-16-6-1-2-11-21-16/h1-11H,(H,21,23)(H,22,24).